The third-order valence-corrected chi connectivity index (χ3v) is 4.39. The summed E-state index contributed by atoms with van der Waals surface area (Å²) in [4.78, 5) is 16.3. The largest absolute Gasteiger partial charge is 0.454 e. The van der Waals surface area contributed by atoms with Crippen molar-refractivity contribution in [2.75, 3.05) is 37.9 Å². The molecule has 0 radical (unpaired) electrons. The van der Waals surface area contributed by atoms with Crippen LogP contribution < -0.4 is 14.4 Å². The summed E-state index contributed by atoms with van der Waals surface area (Å²) in [5.74, 6) is 0.781. The van der Waals surface area contributed by atoms with Crippen molar-refractivity contribution in [3.05, 3.63) is 53.8 Å². The number of piperazine rings is 1. The van der Waals surface area contributed by atoms with E-state index in [-0.39, 0.29) is 18.3 Å². The molecule has 1 amide bonds. The van der Waals surface area contributed by atoms with E-state index in [2.05, 4.69) is 4.90 Å². The Kier molecular flexibility index (Phi) is 3.72. The molecule has 0 unspecified atom stereocenters. The number of rotatable bonds is 2. The maximum absolute atomic E-state index is 13.8. The van der Waals surface area contributed by atoms with Crippen LogP contribution in [-0.4, -0.2) is 43.8 Å². The Morgan fingerprint density at radius 3 is 2.50 bits per heavy atom. The molecule has 2 aromatic carbocycles. The number of carbonyl (C=O) groups excluding carboxylic acids is 1. The summed E-state index contributed by atoms with van der Waals surface area (Å²) in [5, 5.41) is 0. The summed E-state index contributed by atoms with van der Waals surface area (Å²) < 4.78 is 24.5. The Labute approximate surface area is 139 Å². The number of benzene rings is 2. The second kappa shape index (κ2) is 6.03. The van der Waals surface area contributed by atoms with Gasteiger partial charge in [0, 0.05) is 37.9 Å². The molecular formula is C18H17FN2O3. The summed E-state index contributed by atoms with van der Waals surface area (Å²) in [6.07, 6.45) is 0. The highest BCUT2D eigenvalue weighted by Gasteiger charge is 2.25. The van der Waals surface area contributed by atoms with E-state index in [0.717, 1.165) is 17.2 Å². The molecule has 0 aliphatic carbocycles. The SMILES string of the molecule is O=C(c1ccccc1F)N1CCN(c2ccc3c(c2)OCO3)CC1. The lowest BCUT2D eigenvalue weighted by atomic mass is 10.1. The smallest absolute Gasteiger partial charge is 0.256 e. The number of halogens is 1. The maximum Gasteiger partial charge on any atom is 0.256 e. The van der Waals surface area contributed by atoms with Gasteiger partial charge in [0.15, 0.2) is 11.5 Å². The monoisotopic (exact) mass is 328 g/mol. The molecule has 2 aromatic rings. The Bertz CT molecular complexity index is 773. The number of anilines is 1. The highest BCUT2D eigenvalue weighted by molar-refractivity contribution is 5.94. The van der Waals surface area contributed by atoms with Crippen molar-refractivity contribution in [2.45, 2.75) is 0 Å². The fourth-order valence-corrected chi connectivity index (χ4v) is 3.05. The Morgan fingerprint density at radius 1 is 0.958 bits per heavy atom. The van der Waals surface area contributed by atoms with Gasteiger partial charge < -0.3 is 19.3 Å². The third kappa shape index (κ3) is 2.64. The number of carbonyl (C=O) groups is 1. The van der Waals surface area contributed by atoms with Crippen LogP contribution in [0, 0.1) is 5.82 Å². The van der Waals surface area contributed by atoms with Gasteiger partial charge in [-0.3, -0.25) is 4.79 Å². The predicted molar refractivity (Wildman–Crippen MR) is 87.1 cm³/mol. The number of hydrogen-bond donors (Lipinski definition) is 0. The first-order valence-electron chi connectivity index (χ1n) is 7.91. The molecule has 0 N–H and O–H groups in total. The summed E-state index contributed by atoms with van der Waals surface area (Å²) in [6, 6.07) is 12.0. The minimum absolute atomic E-state index is 0.133. The van der Waals surface area contributed by atoms with E-state index in [1.54, 1.807) is 17.0 Å². The van der Waals surface area contributed by atoms with E-state index < -0.39 is 5.82 Å². The van der Waals surface area contributed by atoms with E-state index >= 15 is 0 Å². The lowest BCUT2D eigenvalue weighted by molar-refractivity contribution is 0.0742. The van der Waals surface area contributed by atoms with Gasteiger partial charge in [-0.2, -0.15) is 0 Å². The summed E-state index contributed by atoms with van der Waals surface area (Å²) >= 11 is 0. The van der Waals surface area contributed by atoms with Crippen molar-refractivity contribution in [2.24, 2.45) is 0 Å². The second-order valence-electron chi connectivity index (χ2n) is 5.80. The van der Waals surface area contributed by atoms with Crippen LogP contribution in [0.15, 0.2) is 42.5 Å². The minimum Gasteiger partial charge on any atom is -0.454 e. The van der Waals surface area contributed by atoms with Gasteiger partial charge in [0.25, 0.3) is 5.91 Å². The summed E-state index contributed by atoms with van der Waals surface area (Å²) in [5.41, 5.74) is 1.17. The van der Waals surface area contributed by atoms with Crippen molar-refractivity contribution < 1.29 is 18.7 Å². The van der Waals surface area contributed by atoms with Crippen molar-refractivity contribution >= 4 is 11.6 Å². The summed E-state index contributed by atoms with van der Waals surface area (Å²) in [7, 11) is 0. The van der Waals surface area contributed by atoms with E-state index in [1.807, 2.05) is 18.2 Å². The average molecular weight is 328 g/mol. The Hall–Kier alpha value is -2.76. The van der Waals surface area contributed by atoms with Crippen molar-refractivity contribution in [1.82, 2.24) is 4.90 Å². The fourth-order valence-electron chi connectivity index (χ4n) is 3.05. The van der Waals surface area contributed by atoms with E-state index in [0.29, 0.717) is 26.2 Å². The zero-order valence-corrected chi connectivity index (χ0v) is 13.1. The van der Waals surface area contributed by atoms with E-state index in [9.17, 15) is 9.18 Å². The zero-order valence-electron chi connectivity index (χ0n) is 13.1. The quantitative estimate of drug-likeness (QED) is 0.849. The first-order chi connectivity index (χ1) is 11.7. The zero-order chi connectivity index (χ0) is 16.5. The molecule has 6 heteroatoms. The first-order valence-corrected chi connectivity index (χ1v) is 7.91. The molecule has 24 heavy (non-hydrogen) atoms. The van der Waals surface area contributed by atoms with Crippen LogP contribution in [0.25, 0.3) is 0 Å². The van der Waals surface area contributed by atoms with Crippen LogP contribution in [0.5, 0.6) is 11.5 Å². The van der Waals surface area contributed by atoms with Gasteiger partial charge in [-0.25, -0.2) is 4.39 Å². The molecule has 2 aliphatic heterocycles. The predicted octanol–water partition coefficient (Wildman–Crippen LogP) is 2.52. The van der Waals surface area contributed by atoms with Gasteiger partial charge in [-0.1, -0.05) is 12.1 Å². The number of hydrogen-bond acceptors (Lipinski definition) is 4. The number of fused-ring (bicyclic) bond motifs is 1. The molecule has 2 heterocycles. The Balaban J connectivity index is 1.43. The molecule has 2 aliphatic rings. The molecule has 4 rings (SSSR count). The van der Waals surface area contributed by atoms with Crippen LogP contribution in [0.3, 0.4) is 0 Å². The van der Waals surface area contributed by atoms with Crippen LogP contribution in [0.2, 0.25) is 0 Å². The molecule has 0 bridgehead atoms. The molecule has 124 valence electrons. The highest BCUT2D eigenvalue weighted by atomic mass is 19.1. The first kappa shape index (κ1) is 14.8. The molecule has 0 spiro atoms. The van der Waals surface area contributed by atoms with Crippen molar-refractivity contribution in [3.63, 3.8) is 0 Å². The van der Waals surface area contributed by atoms with E-state index in [4.69, 9.17) is 9.47 Å². The highest BCUT2D eigenvalue weighted by Crippen LogP contribution is 2.35. The second-order valence-corrected chi connectivity index (χ2v) is 5.80. The van der Waals surface area contributed by atoms with Crippen molar-refractivity contribution in [1.29, 1.82) is 0 Å². The lowest BCUT2D eigenvalue weighted by Crippen LogP contribution is -2.49. The van der Waals surface area contributed by atoms with Gasteiger partial charge >= 0.3 is 0 Å². The molecule has 0 saturated carbocycles. The number of nitrogens with zero attached hydrogens (tertiary/aromatic N) is 2. The lowest BCUT2D eigenvalue weighted by Gasteiger charge is -2.36. The van der Waals surface area contributed by atoms with Gasteiger partial charge in [-0.15, -0.1) is 0 Å². The third-order valence-electron chi connectivity index (χ3n) is 4.39. The van der Waals surface area contributed by atoms with Crippen molar-refractivity contribution in [3.8, 4) is 11.5 Å². The average Bonchev–Trinajstić information content (AvgIpc) is 3.09. The molecule has 0 aromatic heterocycles. The van der Waals surface area contributed by atoms with Crippen LogP contribution in [0.4, 0.5) is 10.1 Å². The Morgan fingerprint density at radius 2 is 1.71 bits per heavy atom. The van der Waals surface area contributed by atoms with Gasteiger partial charge in [-0.05, 0) is 24.3 Å². The molecular weight excluding hydrogens is 311 g/mol. The molecule has 5 nitrogen and oxygen atoms in total. The topological polar surface area (TPSA) is 42.0 Å². The molecule has 0 atom stereocenters. The van der Waals surface area contributed by atoms with Crippen LogP contribution in [0.1, 0.15) is 10.4 Å². The number of ether oxygens (including phenoxy) is 2. The minimum atomic E-state index is -0.472. The van der Waals surface area contributed by atoms with Gasteiger partial charge in [0.05, 0.1) is 5.56 Å². The van der Waals surface area contributed by atoms with Gasteiger partial charge in [0.2, 0.25) is 6.79 Å². The molecule has 1 fully saturated rings. The normalized spacial score (nSPS) is 16.4. The summed E-state index contributed by atoms with van der Waals surface area (Å²) in [6.45, 7) is 2.76. The van der Waals surface area contributed by atoms with E-state index in [1.165, 1.54) is 12.1 Å². The fraction of sp³-hybridized carbons (Fsp3) is 0.278. The van der Waals surface area contributed by atoms with Crippen LogP contribution >= 0.6 is 0 Å². The van der Waals surface area contributed by atoms with Gasteiger partial charge in [0.1, 0.15) is 5.82 Å². The van der Waals surface area contributed by atoms with Crippen LogP contribution in [-0.2, 0) is 0 Å². The maximum atomic E-state index is 13.8. The standard InChI is InChI=1S/C18H17FN2O3/c19-15-4-2-1-3-14(15)18(22)21-9-7-20(8-10-21)13-5-6-16-17(11-13)24-12-23-16/h1-6,11H,7-10,12H2. The molecule has 1 saturated heterocycles. The number of amides is 1.